The van der Waals surface area contributed by atoms with Gasteiger partial charge in [-0.1, -0.05) is 5.16 Å². The van der Waals surface area contributed by atoms with E-state index in [2.05, 4.69) is 22.3 Å². The van der Waals surface area contributed by atoms with Gasteiger partial charge in [-0.25, -0.2) is 0 Å². The summed E-state index contributed by atoms with van der Waals surface area (Å²) >= 11 is 0. The summed E-state index contributed by atoms with van der Waals surface area (Å²) < 4.78 is 9.93. The number of nitrogens with zero attached hydrogens (tertiary/aromatic N) is 2. The first kappa shape index (κ1) is 9.33. The van der Waals surface area contributed by atoms with Crippen molar-refractivity contribution in [1.82, 2.24) is 10.5 Å². The van der Waals surface area contributed by atoms with Crippen molar-refractivity contribution < 1.29 is 9.26 Å². The molecular weight excluding hydrogens is 182 g/mol. The SMILES string of the molecule is COc1cc(N2CCNCC2C)no1. The average Bonchev–Trinajstić information content (AvgIpc) is 2.67. The molecule has 1 fully saturated rings. The molecule has 1 aliphatic rings. The zero-order valence-corrected chi connectivity index (χ0v) is 8.49. The van der Waals surface area contributed by atoms with E-state index in [0.29, 0.717) is 12.0 Å². The molecule has 0 spiro atoms. The molecule has 1 aliphatic heterocycles. The molecule has 0 aliphatic carbocycles. The van der Waals surface area contributed by atoms with Crippen LogP contribution in [0.2, 0.25) is 0 Å². The Balaban J connectivity index is 2.12. The lowest BCUT2D eigenvalue weighted by Crippen LogP contribution is -2.50. The third-order valence-electron chi connectivity index (χ3n) is 2.47. The maximum Gasteiger partial charge on any atom is 0.313 e. The van der Waals surface area contributed by atoms with Crippen LogP contribution < -0.4 is 15.0 Å². The summed E-state index contributed by atoms with van der Waals surface area (Å²) in [5.74, 6) is 1.32. The van der Waals surface area contributed by atoms with Gasteiger partial charge >= 0.3 is 5.95 Å². The Morgan fingerprint density at radius 3 is 3.21 bits per heavy atom. The van der Waals surface area contributed by atoms with E-state index >= 15 is 0 Å². The molecule has 2 rings (SSSR count). The van der Waals surface area contributed by atoms with Crippen molar-refractivity contribution in [1.29, 1.82) is 0 Å². The molecule has 0 radical (unpaired) electrons. The molecule has 14 heavy (non-hydrogen) atoms. The lowest BCUT2D eigenvalue weighted by Gasteiger charge is -2.33. The standard InChI is InChI=1S/C9H15N3O2/c1-7-6-10-3-4-12(7)8-5-9(13-2)14-11-8/h5,7,10H,3-4,6H2,1-2H3. The number of anilines is 1. The van der Waals surface area contributed by atoms with Crippen LogP contribution in [0.25, 0.3) is 0 Å². The second kappa shape index (κ2) is 3.88. The van der Waals surface area contributed by atoms with Gasteiger partial charge in [0.1, 0.15) is 0 Å². The number of hydrogen-bond acceptors (Lipinski definition) is 5. The highest BCUT2D eigenvalue weighted by Gasteiger charge is 2.21. The van der Waals surface area contributed by atoms with Crippen molar-refractivity contribution >= 4 is 5.82 Å². The zero-order valence-electron chi connectivity index (χ0n) is 8.49. The van der Waals surface area contributed by atoms with Gasteiger partial charge in [0.25, 0.3) is 0 Å². The Labute approximate surface area is 83.0 Å². The highest BCUT2D eigenvalue weighted by atomic mass is 16.6. The maximum atomic E-state index is 4.98. The van der Waals surface area contributed by atoms with Gasteiger partial charge in [-0.15, -0.1) is 0 Å². The predicted octanol–water partition coefficient (Wildman–Crippen LogP) is 0.481. The minimum atomic E-state index is 0.443. The van der Waals surface area contributed by atoms with E-state index in [1.165, 1.54) is 0 Å². The van der Waals surface area contributed by atoms with Gasteiger partial charge in [-0.05, 0) is 6.92 Å². The zero-order chi connectivity index (χ0) is 9.97. The number of hydrogen-bond donors (Lipinski definition) is 1. The van der Waals surface area contributed by atoms with Crippen LogP contribution >= 0.6 is 0 Å². The second-order valence-electron chi connectivity index (χ2n) is 3.45. The highest BCUT2D eigenvalue weighted by Crippen LogP contribution is 2.21. The van der Waals surface area contributed by atoms with E-state index < -0.39 is 0 Å². The topological polar surface area (TPSA) is 50.5 Å². The Bertz CT molecular complexity index is 300. The van der Waals surface area contributed by atoms with Gasteiger partial charge < -0.3 is 19.5 Å². The summed E-state index contributed by atoms with van der Waals surface area (Å²) in [6.07, 6.45) is 0. The monoisotopic (exact) mass is 197 g/mol. The van der Waals surface area contributed by atoms with Crippen molar-refractivity contribution in [2.45, 2.75) is 13.0 Å². The Hall–Kier alpha value is -1.23. The molecule has 0 aromatic carbocycles. The van der Waals surface area contributed by atoms with Crippen LogP contribution in [0, 0.1) is 0 Å². The van der Waals surface area contributed by atoms with Crippen LogP contribution in [0.4, 0.5) is 5.82 Å². The van der Waals surface area contributed by atoms with Gasteiger partial charge in [0.05, 0.1) is 13.2 Å². The molecule has 0 bridgehead atoms. The predicted molar refractivity (Wildman–Crippen MR) is 52.7 cm³/mol. The molecule has 5 heteroatoms. The van der Waals surface area contributed by atoms with Crippen LogP contribution in [0.3, 0.4) is 0 Å². The maximum absolute atomic E-state index is 4.98. The van der Waals surface area contributed by atoms with Crippen molar-refractivity contribution in [2.24, 2.45) is 0 Å². The first-order valence-electron chi connectivity index (χ1n) is 4.79. The van der Waals surface area contributed by atoms with Crippen molar-refractivity contribution in [2.75, 3.05) is 31.6 Å². The summed E-state index contributed by atoms with van der Waals surface area (Å²) in [5, 5.41) is 7.28. The highest BCUT2D eigenvalue weighted by molar-refractivity contribution is 5.41. The van der Waals surface area contributed by atoms with E-state index in [-0.39, 0.29) is 0 Å². The van der Waals surface area contributed by atoms with Crippen LogP contribution in [-0.4, -0.2) is 37.9 Å². The van der Waals surface area contributed by atoms with Gasteiger partial charge in [0.15, 0.2) is 5.82 Å². The first-order chi connectivity index (χ1) is 6.81. The average molecular weight is 197 g/mol. The molecule has 1 atom stereocenters. The summed E-state index contributed by atoms with van der Waals surface area (Å²) in [5.41, 5.74) is 0. The molecule has 0 amide bonds. The van der Waals surface area contributed by atoms with Crippen LogP contribution in [0.15, 0.2) is 10.6 Å². The lowest BCUT2D eigenvalue weighted by molar-refractivity contribution is 0.260. The lowest BCUT2D eigenvalue weighted by atomic mass is 10.2. The largest absolute Gasteiger partial charge is 0.467 e. The Morgan fingerprint density at radius 2 is 2.57 bits per heavy atom. The molecule has 1 aromatic rings. The van der Waals surface area contributed by atoms with Gasteiger partial charge in [-0.3, -0.25) is 0 Å². The van der Waals surface area contributed by atoms with E-state index in [1.54, 1.807) is 7.11 Å². The van der Waals surface area contributed by atoms with Crippen LogP contribution in [-0.2, 0) is 0 Å². The molecular formula is C9H15N3O2. The number of aromatic nitrogens is 1. The van der Waals surface area contributed by atoms with E-state index in [1.807, 2.05) is 6.07 Å². The number of rotatable bonds is 2. The fraction of sp³-hybridized carbons (Fsp3) is 0.667. The molecule has 1 N–H and O–H groups in total. The summed E-state index contributed by atoms with van der Waals surface area (Å²) in [7, 11) is 1.57. The third kappa shape index (κ3) is 1.68. The summed E-state index contributed by atoms with van der Waals surface area (Å²) in [4.78, 5) is 2.21. The Morgan fingerprint density at radius 1 is 1.71 bits per heavy atom. The van der Waals surface area contributed by atoms with Gasteiger partial charge in [-0.2, -0.15) is 0 Å². The number of ether oxygens (including phenoxy) is 1. The number of nitrogens with one attached hydrogen (secondary N) is 1. The molecule has 1 saturated heterocycles. The normalized spacial score (nSPS) is 22.4. The van der Waals surface area contributed by atoms with Gasteiger partial charge in [0, 0.05) is 25.7 Å². The van der Waals surface area contributed by atoms with E-state index in [4.69, 9.17) is 9.26 Å². The quantitative estimate of drug-likeness (QED) is 0.747. The first-order valence-corrected chi connectivity index (χ1v) is 4.79. The molecule has 2 heterocycles. The summed E-state index contributed by atoms with van der Waals surface area (Å²) in [6, 6.07) is 2.26. The van der Waals surface area contributed by atoms with Crippen LogP contribution in [0.5, 0.6) is 5.95 Å². The smallest absolute Gasteiger partial charge is 0.313 e. The van der Waals surface area contributed by atoms with Crippen molar-refractivity contribution in [3.05, 3.63) is 6.07 Å². The molecule has 0 saturated carbocycles. The van der Waals surface area contributed by atoms with Crippen molar-refractivity contribution in [3.8, 4) is 5.95 Å². The number of methoxy groups -OCH3 is 1. The van der Waals surface area contributed by atoms with E-state index in [0.717, 1.165) is 25.5 Å². The molecule has 1 unspecified atom stereocenters. The fourth-order valence-corrected chi connectivity index (χ4v) is 1.66. The molecule has 78 valence electrons. The second-order valence-corrected chi connectivity index (χ2v) is 3.45. The van der Waals surface area contributed by atoms with E-state index in [9.17, 15) is 0 Å². The number of piperazine rings is 1. The fourth-order valence-electron chi connectivity index (χ4n) is 1.66. The third-order valence-corrected chi connectivity index (χ3v) is 2.47. The molecule has 5 nitrogen and oxygen atoms in total. The molecule has 1 aromatic heterocycles. The minimum absolute atomic E-state index is 0.443. The van der Waals surface area contributed by atoms with Gasteiger partial charge in [0.2, 0.25) is 0 Å². The Kier molecular flexibility index (Phi) is 2.58. The minimum Gasteiger partial charge on any atom is -0.467 e. The van der Waals surface area contributed by atoms with Crippen LogP contribution in [0.1, 0.15) is 6.92 Å². The summed E-state index contributed by atoms with van der Waals surface area (Å²) in [6.45, 7) is 5.08. The van der Waals surface area contributed by atoms with Crippen molar-refractivity contribution in [3.63, 3.8) is 0 Å².